The number of aromatic nitrogens is 2. The van der Waals surface area contributed by atoms with Crippen LogP contribution in [0.4, 0.5) is 14.6 Å². The zero-order valence-electron chi connectivity index (χ0n) is 11.2. The molecule has 2 N–H and O–H groups in total. The largest absolute Gasteiger partial charge is 0.383 e. The quantitative estimate of drug-likeness (QED) is 0.765. The fourth-order valence-electron chi connectivity index (χ4n) is 2.72. The van der Waals surface area contributed by atoms with Crippen LogP contribution in [0.1, 0.15) is 37.3 Å². The van der Waals surface area contributed by atoms with Crippen molar-refractivity contribution in [2.45, 2.75) is 31.6 Å². The van der Waals surface area contributed by atoms with Crippen molar-refractivity contribution < 1.29 is 8.78 Å². The molecular formula is C15H14F2IN3. The molecular weight excluding hydrogens is 387 g/mol. The summed E-state index contributed by atoms with van der Waals surface area (Å²) in [5.74, 6) is -0.656. The topological polar surface area (TPSA) is 51.8 Å². The van der Waals surface area contributed by atoms with Crippen LogP contribution in [0.5, 0.6) is 0 Å². The van der Waals surface area contributed by atoms with Crippen LogP contribution in [0.2, 0.25) is 0 Å². The molecule has 0 radical (unpaired) electrons. The Bertz CT molecular complexity index is 685. The summed E-state index contributed by atoms with van der Waals surface area (Å²) in [5, 5.41) is 0. The van der Waals surface area contributed by atoms with E-state index >= 15 is 0 Å². The van der Waals surface area contributed by atoms with Crippen molar-refractivity contribution in [1.82, 2.24) is 9.97 Å². The summed E-state index contributed by atoms with van der Waals surface area (Å²) in [6.45, 7) is 0. The highest BCUT2D eigenvalue weighted by Gasteiger charge is 2.23. The van der Waals surface area contributed by atoms with Crippen molar-refractivity contribution in [1.29, 1.82) is 0 Å². The number of benzene rings is 1. The molecule has 1 aliphatic rings. The lowest BCUT2D eigenvalue weighted by molar-refractivity contribution is 0.509. The number of anilines is 1. The number of nitrogens with zero attached hydrogens (tertiary/aromatic N) is 2. The number of halogens is 3. The summed E-state index contributed by atoms with van der Waals surface area (Å²) >= 11 is 2.16. The fraction of sp³-hybridized carbons (Fsp3) is 0.333. The van der Waals surface area contributed by atoms with Crippen molar-refractivity contribution in [3.05, 3.63) is 39.1 Å². The fourth-order valence-corrected chi connectivity index (χ4v) is 3.40. The zero-order chi connectivity index (χ0) is 15.0. The minimum Gasteiger partial charge on any atom is -0.383 e. The zero-order valence-corrected chi connectivity index (χ0v) is 13.4. The molecule has 1 heterocycles. The van der Waals surface area contributed by atoms with Crippen LogP contribution in [0.25, 0.3) is 11.4 Å². The maximum atomic E-state index is 13.4. The number of nitrogen functional groups attached to an aromatic ring is 1. The lowest BCUT2D eigenvalue weighted by Crippen LogP contribution is -2.08. The molecule has 0 bridgehead atoms. The van der Waals surface area contributed by atoms with E-state index in [1.54, 1.807) is 0 Å². The average Bonchev–Trinajstić information content (AvgIpc) is 2.98. The van der Waals surface area contributed by atoms with E-state index in [1.807, 2.05) is 0 Å². The minimum atomic E-state index is -0.907. The first kappa shape index (κ1) is 14.6. The predicted molar refractivity (Wildman–Crippen MR) is 85.7 cm³/mol. The van der Waals surface area contributed by atoms with Crippen LogP contribution < -0.4 is 5.73 Å². The highest BCUT2D eigenvalue weighted by molar-refractivity contribution is 14.1. The Hall–Kier alpha value is -1.31. The Kier molecular flexibility index (Phi) is 4.05. The van der Waals surface area contributed by atoms with E-state index in [4.69, 9.17) is 5.73 Å². The molecule has 2 aromatic rings. The van der Waals surface area contributed by atoms with E-state index in [9.17, 15) is 8.78 Å². The van der Waals surface area contributed by atoms with Gasteiger partial charge in [0.05, 0.1) is 9.26 Å². The van der Waals surface area contributed by atoms with Crippen molar-refractivity contribution in [2.75, 3.05) is 5.73 Å². The van der Waals surface area contributed by atoms with Crippen molar-refractivity contribution in [3.8, 4) is 11.4 Å². The lowest BCUT2D eigenvalue weighted by atomic mass is 10.0. The number of rotatable bonds is 2. The van der Waals surface area contributed by atoms with Gasteiger partial charge in [-0.25, -0.2) is 18.7 Å². The van der Waals surface area contributed by atoms with Gasteiger partial charge < -0.3 is 5.73 Å². The highest BCUT2D eigenvalue weighted by Crippen LogP contribution is 2.37. The van der Waals surface area contributed by atoms with E-state index < -0.39 is 11.6 Å². The Morgan fingerprint density at radius 1 is 1.10 bits per heavy atom. The van der Waals surface area contributed by atoms with E-state index in [2.05, 4.69) is 32.6 Å². The van der Waals surface area contributed by atoms with Gasteiger partial charge in [-0.1, -0.05) is 12.8 Å². The van der Waals surface area contributed by atoms with E-state index in [0.29, 0.717) is 23.1 Å². The molecule has 3 rings (SSSR count). The van der Waals surface area contributed by atoms with Crippen LogP contribution in [0.3, 0.4) is 0 Å². The average molecular weight is 401 g/mol. The minimum absolute atomic E-state index is 0.355. The van der Waals surface area contributed by atoms with Gasteiger partial charge in [0.15, 0.2) is 17.5 Å². The highest BCUT2D eigenvalue weighted by atomic mass is 127. The van der Waals surface area contributed by atoms with Gasteiger partial charge in [-0.3, -0.25) is 0 Å². The van der Waals surface area contributed by atoms with Gasteiger partial charge >= 0.3 is 0 Å². The molecule has 21 heavy (non-hydrogen) atoms. The van der Waals surface area contributed by atoms with Crippen LogP contribution in [0.15, 0.2) is 18.2 Å². The summed E-state index contributed by atoms with van der Waals surface area (Å²) in [6.07, 6.45) is 4.55. The van der Waals surface area contributed by atoms with Crippen molar-refractivity contribution in [3.63, 3.8) is 0 Å². The smallest absolute Gasteiger partial charge is 0.161 e. The molecule has 0 saturated heterocycles. The molecule has 1 aromatic carbocycles. The third-order valence-electron chi connectivity index (χ3n) is 3.82. The summed E-state index contributed by atoms with van der Waals surface area (Å²) in [4.78, 5) is 8.78. The monoisotopic (exact) mass is 401 g/mol. The molecule has 1 saturated carbocycles. The molecule has 0 unspecified atom stereocenters. The first-order valence-corrected chi connectivity index (χ1v) is 7.92. The SMILES string of the molecule is Nc1nc(-c2ccc(F)c(F)c2)nc(C2CCCC2)c1I. The molecule has 1 aromatic heterocycles. The van der Waals surface area contributed by atoms with Gasteiger partial charge in [-0.2, -0.15) is 0 Å². The van der Waals surface area contributed by atoms with Gasteiger partial charge in [0.2, 0.25) is 0 Å². The summed E-state index contributed by atoms with van der Waals surface area (Å²) in [7, 11) is 0. The van der Waals surface area contributed by atoms with Gasteiger partial charge in [0.25, 0.3) is 0 Å². The normalized spacial score (nSPS) is 15.6. The maximum absolute atomic E-state index is 13.4. The second-order valence-electron chi connectivity index (χ2n) is 5.24. The Morgan fingerprint density at radius 3 is 2.48 bits per heavy atom. The lowest BCUT2D eigenvalue weighted by Gasteiger charge is -2.14. The molecule has 0 atom stereocenters. The molecule has 0 amide bonds. The maximum Gasteiger partial charge on any atom is 0.161 e. The van der Waals surface area contributed by atoms with Crippen LogP contribution in [-0.2, 0) is 0 Å². The van der Waals surface area contributed by atoms with Gasteiger partial charge in [0, 0.05) is 11.5 Å². The Balaban J connectivity index is 2.08. The van der Waals surface area contributed by atoms with Crippen molar-refractivity contribution in [2.24, 2.45) is 0 Å². The van der Waals surface area contributed by atoms with E-state index in [1.165, 1.54) is 18.9 Å². The third kappa shape index (κ3) is 2.86. The molecule has 0 aliphatic heterocycles. The van der Waals surface area contributed by atoms with Crippen LogP contribution >= 0.6 is 22.6 Å². The Labute approximate surface area is 135 Å². The molecule has 0 spiro atoms. The van der Waals surface area contributed by atoms with Crippen molar-refractivity contribution >= 4 is 28.4 Å². The molecule has 6 heteroatoms. The molecule has 110 valence electrons. The van der Waals surface area contributed by atoms with Crippen LogP contribution in [-0.4, -0.2) is 9.97 Å². The summed E-state index contributed by atoms with van der Waals surface area (Å²) in [5.41, 5.74) is 7.34. The molecule has 3 nitrogen and oxygen atoms in total. The number of hydrogen-bond acceptors (Lipinski definition) is 3. The van der Waals surface area contributed by atoms with Gasteiger partial charge in [-0.05, 0) is 53.6 Å². The second-order valence-corrected chi connectivity index (χ2v) is 6.32. The summed E-state index contributed by atoms with van der Waals surface area (Å²) in [6, 6.07) is 3.66. The number of hydrogen-bond donors (Lipinski definition) is 1. The Morgan fingerprint density at radius 2 is 1.81 bits per heavy atom. The van der Waals surface area contributed by atoms with Crippen LogP contribution in [0, 0.1) is 15.2 Å². The third-order valence-corrected chi connectivity index (χ3v) is 4.93. The standard InChI is InChI=1S/C15H14F2IN3/c16-10-6-5-9(7-11(10)17)15-20-13(8-3-1-2-4-8)12(18)14(19)21-15/h5-8H,1-4H2,(H2,19,20,21). The predicted octanol–water partition coefficient (Wildman–Crippen LogP) is 4.27. The first-order valence-electron chi connectivity index (χ1n) is 6.84. The second kappa shape index (κ2) is 5.82. The molecule has 1 aliphatic carbocycles. The first-order chi connectivity index (χ1) is 10.1. The number of nitrogens with two attached hydrogens (primary N) is 1. The van der Waals surface area contributed by atoms with E-state index in [0.717, 1.165) is 34.2 Å². The molecule has 1 fully saturated rings. The summed E-state index contributed by atoms with van der Waals surface area (Å²) < 4.78 is 27.3. The van der Waals surface area contributed by atoms with Gasteiger partial charge in [-0.15, -0.1) is 0 Å². The van der Waals surface area contributed by atoms with Gasteiger partial charge in [0.1, 0.15) is 5.82 Å². The van der Waals surface area contributed by atoms with E-state index in [-0.39, 0.29) is 0 Å².